The molecular weight excluding hydrogens is 260 g/mol. The van der Waals surface area contributed by atoms with Crippen molar-refractivity contribution in [1.82, 2.24) is 9.55 Å². The molecule has 0 bridgehead atoms. The molecule has 0 saturated carbocycles. The highest BCUT2D eigenvalue weighted by molar-refractivity contribution is 5.91. The predicted octanol–water partition coefficient (Wildman–Crippen LogP) is 0.806. The lowest BCUT2D eigenvalue weighted by molar-refractivity contribution is -0.422. The first kappa shape index (κ1) is 12.4. The molecule has 0 aliphatic heterocycles. The molecule has 1 N–H and O–H groups in total. The van der Waals surface area contributed by atoms with E-state index in [2.05, 4.69) is 4.98 Å². The number of aromatic amines is 1. The predicted molar refractivity (Wildman–Crippen MR) is 62.2 cm³/mol. The summed E-state index contributed by atoms with van der Waals surface area (Å²) in [5.41, 5.74) is -2.44. The van der Waals surface area contributed by atoms with Gasteiger partial charge < -0.3 is 4.98 Å². The second kappa shape index (κ2) is 4.01. The molecular formula is C9H6N4O6. The Balaban J connectivity index is 2.94. The van der Waals surface area contributed by atoms with Crippen molar-refractivity contribution in [2.24, 2.45) is 0 Å². The van der Waals surface area contributed by atoms with E-state index in [9.17, 15) is 29.8 Å². The monoisotopic (exact) mass is 266 g/mol. The Morgan fingerprint density at radius 1 is 1.21 bits per heavy atom. The molecule has 10 nitrogen and oxygen atoms in total. The highest BCUT2D eigenvalue weighted by Gasteiger charge is 2.27. The zero-order chi connectivity index (χ0) is 14.3. The number of aromatic nitrogens is 2. The highest BCUT2D eigenvalue weighted by Crippen LogP contribution is 2.30. The Bertz CT molecular complexity index is 786. The van der Waals surface area contributed by atoms with Crippen LogP contribution in [0.4, 0.5) is 11.4 Å². The Hall–Kier alpha value is -3.04. The summed E-state index contributed by atoms with van der Waals surface area (Å²) in [5.74, 6) is -0.653. The van der Waals surface area contributed by atoms with E-state index in [4.69, 9.17) is 0 Å². The first-order chi connectivity index (χ1) is 8.82. The molecule has 0 aliphatic carbocycles. The van der Waals surface area contributed by atoms with Crippen LogP contribution in [0.5, 0.6) is 0 Å². The summed E-state index contributed by atoms with van der Waals surface area (Å²) in [7, 11) is 0. The van der Waals surface area contributed by atoms with Gasteiger partial charge in [-0.15, -0.1) is 0 Å². The molecule has 2 aromatic rings. The summed E-state index contributed by atoms with van der Waals surface area (Å²) < 4.78 is 0.673. The second-order valence-corrected chi connectivity index (χ2v) is 3.66. The molecule has 1 heterocycles. The molecule has 0 fully saturated rings. The van der Waals surface area contributed by atoms with Gasteiger partial charge in [0.05, 0.1) is 20.9 Å². The number of H-pyrrole nitrogens is 1. The minimum Gasteiger partial charge on any atom is -0.305 e. The van der Waals surface area contributed by atoms with Crippen LogP contribution in [0.1, 0.15) is 11.7 Å². The van der Waals surface area contributed by atoms with Gasteiger partial charge in [0.2, 0.25) is 5.91 Å². The molecule has 10 heteroatoms. The summed E-state index contributed by atoms with van der Waals surface area (Å²) in [6, 6.07) is 1.68. The van der Waals surface area contributed by atoms with Crippen molar-refractivity contribution in [2.75, 3.05) is 0 Å². The van der Waals surface area contributed by atoms with E-state index in [1.165, 1.54) is 0 Å². The summed E-state index contributed by atoms with van der Waals surface area (Å²) in [6.07, 6.45) is 0. The number of nitrogens with one attached hydrogen (secondary N) is 1. The molecule has 0 atom stereocenters. The Kier molecular flexibility index (Phi) is 2.62. The third kappa shape index (κ3) is 1.84. The van der Waals surface area contributed by atoms with Gasteiger partial charge in [0.15, 0.2) is 0 Å². The van der Waals surface area contributed by atoms with Gasteiger partial charge in [-0.2, -0.15) is 0 Å². The molecule has 2 rings (SSSR count). The lowest BCUT2D eigenvalue weighted by atomic mass is 10.2. The van der Waals surface area contributed by atoms with Crippen LogP contribution in [0.3, 0.4) is 0 Å². The Morgan fingerprint density at radius 3 is 2.21 bits per heavy atom. The maximum Gasteiger partial charge on any atom is 0.348 e. The number of imidazole rings is 1. The van der Waals surface area contributed by atoms with E-state index >= 15 is 0 Å². The first-order valence-corrected chi connectivity index (χ1v) is 4.91. The maximum absolute atomic E-state index is 11.5. The SMILES string of the molecule is CC(=O)n1c(=O)[nH]c2cc([N+](=O)[O-])c([N+](=O)[O-])cc21. The molecule has 0 radical (unpaired) electrons. The van der Waals surface area contributed by atoms with Gasteiger partial charge in [-0.1, -0.05) is 0 Å². The van der Waals surface area contributed by atoms with Gasteiger partial charge in [0.25, 0.3) is 0 Å². The van der Waals surface area contributed by atoms with E-state index in [1.807, 2.05) is 0 Å². The smallest absolute Gasteiger partial charge is 0.305 e. The van der Waals surface area contributed by atoms with Crippen LogP contribution in [0, 0.1) is 20.2 Å². The molecule has 0 spiro atoms. The number of nitrogens with zero attached hydrogens (tertiary/aromatic N) is 3. The number of nitro benzene ring substituents is 2. The molecule has 98 valence electrons. The van der Waals surface area contributed by atoms with Crippen LogP contribution in [0.25, 0.3) is 11.0 Å². The molecule has 0 aliphatic rings. The van der Waals surface area contributed by atoms with Gasteiger partial charge in [0.1, 0.15) is 0 Å². The van der Waals surface area contributed by atoms with Crippen molar-refractivity contribution in [3.63, 3.8) is 0 Å². The normalized spacial score (nSPS) is 10.6. The zero-order valence-electron chi connectivity index (χ0n) is 9.45. The van der Waals surface area contributed by atoms with Gasteiger partial charge in [-0.25, -0.2) is 9.36 Å². The van der Waals surface area contributed by atoms with Crippen LogP contribution >= 0.6 is 0 Å². The van der Waals surface area contributed by atoms with Crippen molar-refractivity contribution >= 4 is 28.3 Å². The van der Waals surface area contributed by atoms with Crippen molar-refractivity contribution in [2.45, 2.75) is 6.92 Å². The van der Waals surface area contributed by atoms with Gasteiger partial charge in [-0.3, -0.25) is 25.0 Å². The van der Waals surface area contributed by atoms with Crippen LogP contribution in [0.15, 0.2) is 16.9 Å². The minimum atomic E-state index is -0.945. The van der Waals surface area contributed by atoms with Crippen LogP contribution in [0.2, 0.25) is 0 Å². The number of fused-ring (bicyclic) bond motifs is 1. The summed E-state index contributed by atoms with van der Waals surface area (Å²) in [4.78, 5) is 44.6. The van der Waals surface area contributed by atoms with Crippen molar-refractivity contribution in [3.8, 4) is 0 Å². The van der Waals surface area contributed by atoms with Crippen molar-refractivity contribution in [1.29, 1.82) is 0 Å². The zero-order valence-corrected chi connectivity index (χ0v) is 9.45. The number of benzene rings is 1. The number of carbonyl (C=O) groups is 1. The average Bonchev–Trinajstić information content (AvgIpc) is 2.61. The summed E-state index contributed by atoms with van der Waals surface area (Å²) in [5, 5.41) is 21.5. The summed E-state index contributed by atoms with van der Waals surface area (Å²) >= 11 is 0. The highest BCUT2D eigenvalue weighted by atomic mass is 16.6. The number of carbonyl (C=O) groups excluding carboxylic acids is 1. The number of nitro groups is 2. The lowest BCUT2D eigenvalue weighted by Gasteiger charge is -1.98. The van der Waals surface area contributed by atoms with E-state index in [-0.39, 0.29) is 11.0 Å². The third-order valence-corrected chi connectivity index (χ3v) is 2.49. The maximum atomic E-state index is 11.5. The van der Waals surface area contributed by atoms with Crippen molar-refractivity contribution in [3.05, 3.63) is 42.8 Å². The Morgan fingerprint density at radius 2 is 1.74 bits per heavy atom. The quantitative estimate of drug-likeness (QED) is 0.629. The Labute approximate surface area is 103 Å². The van der Waals surface area contributed by atoms with Gasteiger partial charge >= 0.3 is 17.1 Å². The van der Waals surface area contributed by atoms with Gasteiger partial charge in [0, 0.05) is 19.1 Å². The molecule has 19 heavy (non-hydrogen) atoms. The van der Waals surface area contributed by atoms with Gasteiger partial charge in [-0.05, 0) is 0 Å². The largest absolute Gasteiger partial charge is 0.348 e. The van der Waals surface area contributed by atoms with Crippen LogP contribution in [-0.4, -0.2) is 25.3 Å². The summed E-state index contributed by atoms with van der Waals surface area (Å²) in [6.45, 7) is 1.10. The van der Waals surface area contributed by atoms with E-state index in [0.717, 1.165) is 19.1 Å². The third-order valence-electron chi connectivity index (χ3n) is 2.49. The number of rotatable bonds is 2. The average molecular weight is 266 g/mol. The fourth-order valence-corrected chi connectivity index (χ4v) is 1.74. The van der Waals surface area contributed by atoms with Crippen molar-refractivity contribution < 1.29 is 14.6 Å². The van der Waals surface area contributed by atoms with E-state index in [0.29, 0.717) is 4.57 Å². The fraction of sp³-hybridized carbons (Fsp3) is 0.111. The van der Waals surface area contributed by atoms with Crippen LogP contribution < -0.4 is 5.69 Å². The first-order valence-electron chi connectivity index (χ1n) is 4.91. The standard InChI is InChI=1S/C9H6N4O6/c1-4(14)11-6-3-8(13(18)19)7(12(16)17)2-5(6)10-9(11)15/h2-3H,1H3,(H,10,15). The molecule has 0 saturated heterocycles. The molecule has 1 aromatic heterocycles. The lowest BCUT2D eigenvalue weighted by Crippen LogP contribution is -2.21. The second-order valence-electron chi connectivity index (χ2n) is 3.66. The minimum absolute atomic E-state index is 0.0162. The molecule has 0 amide bonds. The van der Waals surface area contributed by atoms with E-state index < -0.39 is 32.8 Å². The topological polar surface area (TPSA) is 141 Å². The van der Waals surface area contributed by atoms with Crippen LogP contribution in [-0.2, 0) is 0 Å². The molecule has 1 aromatic carbocycles. The number of hydrogen-bond acceptors (Lipinski definition) is 6. The number of hydrogen-bond donors (Lipinski definition) is 1. The molecule has 0 unspecified atom stereocenters. The fourth-order valence-electron chi connectivity index (χ4n) is 1.74. The van der Waals surface area contributed by atoms with E-state index in [1.54, 1.807) is 0 Å².